The Balaban J connectivity index is 1.27. The van der Waals surface area contributed by atoms with Crippen molar-refractivity contribution in [1.82, 2.24) is 9.88 Å². The van der Waals surface area contributed by atoms with Gasteiger partial charge in [-0.1, -0.05) is 65.9 Å². The Morgan fingerprint density at radius 3 is 2.13 bits per heavy atom. The van der Waals surface area contributed by atoms with Crippen LogP contribution in [0, 0.1) is 13.8 Å². The number of nitrogens with zero attached hydrogens (tertiary/aromatic N) is 3. The second-order valence-corrected chi connectivity index (χ2v) is 9.07. The first-order valence-corrected chi connectivity index (χ1v) is 11.5. The van der Waals surface area contributed by atoms with Crippen molar-refractivity contribution in [1.29, 1.82) is 0 Å². The first-order valence-electron chi connectivity index (χ1n) is 10.7. The summed E-state index contributed by atoms with van der Waals surface area (Å²) < 4.78 is 1.27. The second-order valence-electron chi connectivity index (χ2n) is 8.10. The lowest BCUT2D eigenvalue weighted by molar-refractivity contribution is 0.0747. The maximum Gasteiger partial charge on any atom is 0.253 e. The number of hydrogen-bond acceptors (Lipinski definition) is 4. The van der Waals surface area contributed by atoms with Crippen LogP contribution in [0.2, 0.25) is 0 Å². The monoisotopic (exact) mass is 427 g/mol. The van der Waals surface area contributed by atoms with E-state index in [0.717, 1.165) is 40.4 Å². The van der Waals surface area contributed by atoms with Crippen molar-refractivity contribution >= 4 is 32.6 Å². The van der Waals surface area contributed by atoms with Gasteiger partial charge in [0, 0.05) is 31.7 Å². The zero-order chi connectivity index (χ0) is 21.4. The fourth-order valence-corrected chi connectivity index (χ4v) is 5.27. The van der Waals surface area contributed by atoms with Crippen LogP contribution in [-0.4, -0.2) is 42.0 Å². The standard InChI is InChI=1S/C26H25N3OS/c1-18-8-9-19(2)24-23(18)27-26(31-24)29-16-14-28(15-17-29)25(30)22-12-10-21(11-13-22)20-6-4-3-5-7-20/h3-13H,14-17H2,1-2H3. The average molecular weight is 428 g/mol. The van der Waals surface area contributed by atoms with Gasteiger partial charge in [0.25, 0.3) is 5.91 Å². The first kappa shape index (κ1) is 19.8. The quantitative estimate of drug-likeness (QED) is 0.431. The van der Waals surface area contributed by atoms with E-state index in [-0.39, 0.29) is 5.91 Å². The van der Waals surface area contributed by atoms with E-state index < -0.39 is 0 Å². The van der Waals surface area contributed by atoms with Crippen molar-refractivity contribution in [2.75, 3.05) is 31.1 Å². The highest BCUT2D eigenvalue weighted by Crippen LogP contribution is 2.33. The Hall–Kier alpha value is -3.18. The Kier molecular flexibility index (Phi) is 5.20. The smallest absolute Gasteiger partial charge is 0.253 e. The van der Waals surface area contributed by atoms with Gasteiger partial charge in [-0.05, 0) is 48.2 Å². The minimum Gasteiger partial charge on any atom is -0.345 e. The van der Waals surface area contributed by atoms with Crippen LogP contribution in [-0.2, 0) is 0 Å². The molecule has 0 saturated carbocycles. The lowest BCUT2D eigenvalue weighted by Crippen LogP contribution is -2.48. The zero-order valence-corrected chi connectivity index (χ0v) is 18.7. The van der Waals surface area contributed by atoms with Crippen molar-refractivity contribution in [2.24, 2.45) is 0 Å². The van der Waals surface area contributed by atoms with E-state index >= 15 is 0 Å². The predicted octanol–water partition coefficient (Wildman–Crippen LogP) is 5.54. The van der Waals surface area contributed by atoms with E-state index in [9.17, 15) is 4.79 Å². The molecule has 3 aromatic carbocycles. The second kappa shape index (κ2) is 8.16. The number of aromatic nitrogens is 1. The molecule has 0 N–H and O–H groups in total. The number of hydrogen-bond donors (Lipinski definition) is 0. The molecule has 1 aliphatic heterocycles. The van der Waals surface area contributed by atoms with Crippen LogP contribution < -0.4 is 4.90 Å². The molecule has 5 rings (SSSR count). The number of fused-ring (bicyclic) bond motifs is 1. The fourth-order valence-electron chi connectivity index (χ4n) is 4.10. The highest BCUT2D eigenvalue weighted by molar-refractivity contribution is 7.22. The number of benzene rings is 3. The van der Waals surface area contributed by atoms with Gasteiger partial charge in [0.15, 0.2) is 5.13 Å². The van der Waals surface area contributed by atoms with Gasteiger partial charge in [-0.3, -0.25) is 4.79 Å². The molecule has 31 heavy (non-hydrogen) atoms. The third-order valence-electron chi connectivity index (χ3n) is 6.01. The summed E-state index contributed by atoms with van der Waals surface area (Å²) in [5.41, 5.74) is 6.64. The van der Waals surface area contributed by atoms with Crippen LogP contribution in [0.5, 0.6) is 0 Å². The molecule has 0 atom stereocenters. The van der Waals surface area contributed by atoms with Crippen molar-refractivity contribution < 1.29 is 4.79 Å². The van der Waals surface area contributed by atoms with Gasteiger partial charge in [0.2, 0.25) is 0 Å². The number of amides is 1. The van der Waals surface area contributed by atoms with Crippen LogP contribution in [0.3, 0.4) is 0 Å². The van der Waals surface area contributed by atoms with Gasteiger partial charge in [-0.2, -0.15) is 0 Å². The Morgan fingerprint density at radius 1 is 0.806 bits per heavy atom. The largest absolute Gasteiger partial charge is 0.345 e. The molecule has 0 unspecified atom stereocenters. The maximum atomic E-state index is 13.0. The Labute approximate surface area is 186 Å². The molecule has 4 aromatic rings. The molecule has 2 heterocycles. The van der Waals surface area contributed by atoms with Gasteiger partial charge in [-0.15, -0.1) is 0 Å². The number of rotatable bonds is 3. The summed E-state index contributed by atoms with van der Waals surface area (Å²) in [6.07, 6.45) is 0. The van der Waals surface area contributed by atoms with E-state index in [1.165, 1.54) is 15.8 Å². The molecule has 0 spiro atoms. The predicted molar refractivity (Wildman–Crippen MR) is 129 cm³/mol. The topological polar surface area (TPSA) is 36.4 Å². The van der Waals surface area contributed by atoms with Gasteiger partial charge in [-0.25, -0.2) is 4.98 Å². The first-order chi connectivity index (χ1) is 15.1. The highest BCUT2D eigenvalue weighted by atomic mass is 32.1. The molecule has 4 nitrogen and oxygen atoms in total. The highest BCUT2D eigenvalue weighted by Gasteiger charge is 2.24. The fraction of sp³-hybridized carbons (Fsp3) is 0.231. The molecule has 1 aromatic heterocycles. The molecule has 5 heteroatoms. The minimum absolute atomic E-state index is 0.107. The molecule has 1 aliphatic rings. The van der Waals surface area contributed by atoms with Gasteiger partial charge in [0.1, 0.15) is 0 Å². The SMILES string of the molecule is Cc1ccc(C)c2sc(N3CCN(C(=O)c4ccc(-c5ccccc5)cc4)CC3)nc12. The van der Waals surface area contributed by atoms with E-state index in [2.05, 4.69) is 43.0 Å². The molecule has 1 fully saturated rings. The molecule has 1 saturated heterocycles. The summed E-state index contributed by atoms with van der Waals surface area (Å²) >= 11 is 1.76. The molecular weight excluding hydrogens is 402 g/mol. The minimum atomic E-state index is 0.107. The lowest BCUT2D eigenvalue weighted by Gasteiger charge is -2.34. The van der Waals surface area contributed by atoms with Crippen molar-refractivity contribution in [2.45, 2.75) is 13.8 Å². The van der Waals surface area contributed by atoms with Crippen LogP contribution in [0.1, 0.15) is 21.5 Å². The van der Waals surface area contributed by atoms with E-state index in [1.807, 2.05) is 47.4 Å². The Bertz CT molecular complexity index is 1180. The third kappa shape index (κ3) is 3.81. The van der Waals surface area contributed by atoms with Gasteiger partial charge < -0.3 is 9.80 Å². The summed E-state index contributed by atoms with van der Waals surface area (Å²) in [6, 6.07) is 22.5. The Morgan fingerprint density at radius 2 is 1.45 bits per heavy atom. The summed E-state index contributed by atoms with van der Waals surface area (Å²) in [5, 5.41) is 1.06. The molecule has 156 valence electrons. The number of carbonyl (C=O) groups excluding carboxylic acids is 1. The summed E-state index contributed by atoms with van der Waals surface area (Å²) in [4.78, 5) is 22.2. The van der Waals surface area contributed by atoms with Gasteiger partial charge >= 0.3 is 0 Å². The van der Waals surface area contributed by atoms with Crippen LogP contribution >= 0.6 is 11.3 Å². The normalized spacial score (nSPS) is 14.3. The van der Waals surface area contributed by atoms with E-state index in [4.69, 9.17) is 4.98 Å². The number of thiazole rings is 1. The van der Waals surface area contributed by atoms with E-state index in [0.29, 0.717) is 13.1 Å². The van der Waals surface area contributed by atoms with Crippen molar-refractivity contribution in [3.05, 3.63) is 83.4 Å². The van der Waals surface area contributed by atoms with Crippen LogP contribution in [0.25, 0.3) is 21.3 Å². The number of anilines is 1. The summed E-state index contributed by atoms with van der Waals surface area (Å²) in [7, 11) is 0. The number of piperazine rings is 1. The van der Waals surface area contributed by atoms with Crippen LogP contribution in [0.4, 0.5) is 5.13 Å². The molecule has 1 amide bonds. The number of aryl methyl sites for hydroxylation is 2. The molecule has 0 aliphatic carbocycles. The zero-order valence-electron chi connectivity index (χ0n) is 17.8. The molecule has 0 bridgehead atoms. The summed E-state index contributed by atoms with van der Waals surface area (Å²) in [6.45, 7) is 7.31. The average Bonchev–Trinajstić information content (AvgIpc) is 3.29. The molecule has 0 radical (unpaired) electrons. The van der Waals surface area contributed by atoms with Crippen LogP contribution in [0.15, 0.2) is 66.7 Å². The summed E-state index contributed by atoms with van der Waals surface area (Å²) in [5.74, 6) is 0.107. The van der Waals surface area contributed by atoms with Crippen molar-refractivity contribution in [3.8, 4) is 11.1 Å². The van der Waals surface area contributed by atoms with Gasteiger partial charge in [0.05, 0.1) is 10.2 Å². The molecular formula is C26H25N3OS. The maximum absolute atomic E-state index is 13.0. The third-order valence-corrected chi connectivity index (χ3v) is 7.26. The van der Waals surface area contributed by atoms with Crippen molar-refractivity contribution in [3.63, 3.8) is 0 Å². The lowest BCUT2D eigenvalue weighted by atomic mass is 10.0. The van der Waals surface area contributed by atoms with E-state index in [1.54, 1.807) is 11.3 Å². The number of carbonyl (C=O) groups is 1.